The lowest BCUT2D eigenvalue weighted by Gasteiger charge is -2.32. The first-order chi connectivity index (χ1) is 12.0. The van der Waals surface area contributed by atoms with Crippen molar-refractivity contribution in [3.63, 3.8) is 0 Å². The van der Waals surface area contributed by atoms with Crippen molar-refractivity contribution in [2.75, 3.05) is 18.5 Å². The van der Waals surface area contributed by atoms with Crippen molar-refractivity contribution in [2.45, 2.75) is 78.6 Å². The van der Waals surface area contributed by atoms with Crippen molar-refractivity contribution in [2.24, 2.45) is 4.99 Å². The van der Waals surface area contributed by atoms with Gasteiger partial charge in [0.05, 0.1) is 11.4 Å². The van der Waals surface area contributed by atoms with Crippen LogP contribution in [0.2, 0.25) is 0 Å². The summed E-state index contributed by atoms with van der Waals surface area (Å²) >= 11 is 0. The summed E-state index contributed by atoms with van der Waals surface area (Å²) in [6.07, 6.45) is 8.29. The number of rotatable bonds is 7. The van der Waals surface area contributed by atoms with E-state index in [-0.39, 0.29) is 0 Å². The van der Waals surface area contributed by atoms with E-state index in [1.54, 1.807) is 0 Å². The molecule has 25 heavy (non-hydrogen) atoms. The quantitative estimate of drug-likeness (QED) is 0.505. The van der Waals surface area contributed by atoms with E-state index >= 15 is 0 Å². The van der Waals surface area contributed by atoms with Gasteiger partial charge in [-0.1, -0.05) is 65.3 Å². The lowest BCUT2D eigenvalue weighted by molar-refractivity contribution is 0.788. The maximum Gasteiger partial charge on any atom is 0.0581 e. The molecule has 0 saturated heterocycles. The summed E-state index contributed by atoms with van der Waals surface area (Å²) in [7, 11) is 2.24. The number of allylic oxidation sites excluding steroid dienone is 2. The molecule has 0 radical (unpaired) electrons. The van der Waals surface area contributed by atoms with E-state index in [9.17, 15) is 0 Å². The molecule has 0 aromatic heterocycles. The molecule has 0 unspecified atom stereocenters. The fourth-order valence-electron chi connectivity index (χ4n) is 3.64. The first kappa shape index (κ1) is 19.8. The Kier molecular flexibility index (Phi) is 7.28. The van der Waals surface area contributed by atoms with Gasteiger partial charge in [0.1, 0.15) is 0 Å². The predicted octanol–water partition coefficient (Wildman–Crippen LogP) is 6.68. The molecule has 0 atom stereocenters. The monoisotopic (exact) mass is 340 g/mol. The van der Waals surface area contributed by atoms with Crippen LogP contribution in [0.15, 0.2) is 35.0 Å². The Balaban J connectivity index is 2.46. The Morgan fingerprint density at radius 3 is 2.28 bits per heavy atom. The normalized spacial score (nSPS) is 16.6. The van der Waals surface area contributed by atoms with Crippen LogP contribution in [-0.4, -0.2) is 19.3 Å². The molecule has 2 rings (SSSR count). The van der Waals surface area contributed by atoms with E-state index in [1.165, 1.54) is 47.5 Å². The highest BCUT2D eigenvalue weighted by Gasteiger charge is 2.22. The standard InChI is InChI=1S/C23H36N2/c1-7-8-16-24-21-14-9-10-15-22(21)25(6)23-19(17(2)3)12-11-13-20(23)18(4)5/h11-13,15,17-18H,7-10,14,16H2,1-6H3. The van der Waals surface area contributed by atoms with E-state index in [4.69, 9.17) is 4.99 Å². The molecule has 0 amide bonds. The summed E-state index contributed by atoms with van der Waals surface area (Å²) in [5.41, 5.74) is 6.90. The minimum atomic E-state index is 0.515. The third-order valence-corrected chi connectivity index (χ3v) is 5.10. The van der Waals surface area contributed by atoms with Crippen molar-refractivity contribution < 1.29 is 0 Å². The minimum absolute atomic E-state index is 0.515. The van der Waals surface area contributed by atoms with Crippen LogP contribution in [0.3, 0.4) is 0 Å². The average Bonchev–Trinajstić information content (AvgIpc) is 2.61. The first-order valence-corrected chi connectivity index (χ1v) is 10.1. The molecular weight excluding hydrogens is 304 g/mol. The zero-order valence-electron chi connectivity index (χ0n) is 17.1. The van der Waals surface area contributed by atoms with Crippen molar-refractivity contribution >= 4 is 11.4 Å². The molecule has 0 saturated carbocycles. The molecule has 0 bridgehead atoms. The summed E-state index contributed by atoms with van der Waals surface area (Å²) in [6.45, 7) is 12.4. The van der Waals surface area contributed by atoms with Gasteiger partial charge in [0, 0.05) is 19.3 Å². The SMILES string of the molecule is CCCCN=C1CCCC=C1N(C)c1c(C(C)C)cccc1C(C)C. The van der Waals surface area contributed by atoms with Crippen molar-refractivity contribution in [1.29, 1.82) is 0 Å². The fourth-order valence-corrected chi connectivity index (χ4v) is 3.64. The highest BCUT2D eigenvalue weighted by molar-refractivity contribution is 6.04. The molecule has 138 valence electrons. The first-order valence-electron chi connectivity index (χ1n) is 10.1. The Morgan fingerprint density at radius 2 is 1.72 bits per heavy atom. The summed E-state index contributed by atoms with van der Waals surface area (Å²) in [4.78, 5) is 7.38. The number of unbranched alkanes of at least 4 members (excludes halogenated alkanes) is 1. The van der Waals surface area contributed by atoms with E-state index in [0.29, 0.717) is 11.8 Å². The second-order valence-electron chi connectivity index (χ2n) is 7.82. The Morgan fingerprint density at radius 1 is 1.08 bits per heavy atom. The Labute approximate surface area is 155 Å². The smallest absolute Gasteiger partial charge is 0.0581 e. The maximum absolute atomic E-state index is 4.96. The van der Waals surface area contributed by atoms with Gasteiger partial charge >= 0.3 is 0 Å². The fraction of sp³-hybridized carbons (Fsp3) is 0.609. The van der Waals surface area contributed by atoms with Gasteiger partial charge in [0.25, 0.3) is 0 Å². The Hall–Kier alpha value is -1.57. The van der Waals surface area contributed by atoms with Gasteiger partial charge in [0.2, 0.25) is 0 Å². The average molecular weight is 341 g/mol. The van der Waals surface area contributed by atoms with E-state index in [0.717, 1.165) is 19.4 Å². The van der Waals surface area contributed by atoms with Gasteiger partial charge < -0.3 is 4.90 Å². The van der Waals surface area contributed by atoms with Crippen LogP contribution in [0.25, 0.3) is 0 Å². The number of anilines is 1. The number of hydrogen-bond acceptors (Lipinski definition) is 2. The zero-order valence-corrected chi connectivity index (χ0v) is 17.1. The van der Waals surface area contributed by atoms with Gasteiger partial charge in [0.15, 0.2) is 0 Å². The summed E-state index contributed by atoms with van der Waals surface area (Å²) in [6, 6.07) is 6.80. The number of aliphatic imine (C=N–C) groups is 1. The molecule has 0 spiro atoms. The van der Waals surface area contributed by atoms with Crippen molar-refractivity contribution in [3.8, 4) is 0 Å². The van der Waals surface area contributed by atoms with Crippen LogP contribution < -0.4 is 4.90 Å². The zero-order chi connectivity index (χ0) is 18.4. The van der Waals surface area contributed by atoms with E-state index in [1.807, 2.05) is 0 Å². The van der Waals surface area contributed by atoms with Crippen molar-refractivity contribution in [1.82, 2.24) is 0 Å². The number of para-hydroxylation sites is 1. The molecule has 1 aliphatic carbocycles. The molecule has 0 N–H and O–H groups in total. The summed E-state index contributed by atoms with van der Waals surface area (Å²) < 4.78 is 0. The lowest BCUT2D eigenvalue weighted by Crippen LogP contribution is -2.27. The van der Waals surface area contributed by atoms with Gasteiger partial charge in [-0.25, -0.2) is 0 Å². The largest absolute Gasteiger partial charge is 0.343 e. The van der Waals surface area contributed by atoms with Crippen molar-refractivity contribution in [3.05, 3.63) is 41.1 Å². The maximum atomic E-state index is 4.96. The lowest BCUT2D eigenvalue weighted by atomic mass is 9.91. The molecule has 1 aliphatic rings. The molecule has 2 nitrogen and oxygen atoms in total. The van der Waals surface area contributed by atoms with Crippen LogP contribution in [0.1, 0.15) is 89.7 Å². The Bertz CT molecular complexity index is 597. The van der Waals surface area contributed by atoms with Gasteiger partial charge in [-0.3, -0.25) is 4.99 Å². The van der Waals surface area contributed by atoms with Crippen LogP contribution in [-0.2, 0) is 0 Å². The molecule has 1 aromatic carbocycles. The second kappa shape index (κ2) is 9.22. The summed E-state index contributed by atoms with van der Waals surface area (Å²) in [5, 5.41) is 0. The number of hydrogen-bond donors (Lipinski definition) is 0. The minimum Gasteiger partial charge on any atom is -0.343 e. The molecule has 2 heteroatoms. The van der Waals surface area contributed by atoms with E-state index < -0.39 is 0 Å². The highest BCUT2D eigenvalue weighted by Crippen LogP contribution is 2.37. The van der Waals surface area contributed by atoms with Crippen LogP contribution in [0.4, 0.5) is 5.69 Å². The van der Waals surface area contributed by atoms with Crippen LogP contribution in [0, 0.1) is 0 Å². The number of nitrogens with zero attached hydrogens (tertiary/aromatic N) is 2. The topological polar surface area (TPSA) is 15.6 Å². The molecule has 0 fully saturated rings. The molecule has 1 aromatic rings. The highest BCUT2D eigenvalue weighted by atomic mass is 15.1. The number of benzene rings is 1. The predicted molar refractivity (Wildman–Crippen MR) is 112 cm³/mol. The van der Waals surface area contributed by atoms with Crippen LogP contribution >= 0.6 is 0 Å². The van der Waals surface area contributed by atoms with Gasteiger partial charge in [-0.15, -0.1) is 0 Å². The second-order valence-corrected chi connectivity index (χ2v) is 7.82. The third kappa shape index (κ3) is 4.74. The molecule has 0 aliphatic heterocycles. The van der Waals surface area contributed by atoms with Gasteiger partial charge in [-0.05, 0) is 48.6 Å². The molecule has 0 heterocycles. The molecular formula is C23H36N2. The van der Waals surface area contributed by atoms with Gasteiger partial charge in [-0.2, -0.15) is 0 Å². The van der Waals surface area contributed by atoms with E-state index in [2.05, 4.69) is 70.8 Å². The van der Waals surface area contributed by atoms with Crippen LogP contribution in [0.5, 0.6) is 0 Å². The third-order valence-electron chi connectivity index (χ3n) is 5.10. The summed E-state index contributed by atoms with van der Waals surface area (Å²) in [5.74, 6) is 1.03.